The van der Waals surface area contributed by atoms with Crippen molar-refractivity contribution in [1.82, 2.24) is 4.90 Å². The second-order valence-corrected chi connectivity index (χ2v) is 10.7. The quantitative estimate of drug-likeness (QED) is 0.241. The van der Waals surface area contributed by atoms with Crippen molar-refractivity contribution >= 4 is 68.1 Å². The van der Waals surface area contributed by atoms with Crippen LogP contribution in [0.15, 0.2) is 64.0 Å². The average molecular weight is 607 g/mol. The third-order valence-corrected chi connectivity index (χ3v) is 7.70. The molecule has 0 saturated carbocycles. The molecule has 1 saturated heterocycles. The van der Waals surface area contributed by atoms with Crippen LogP contribution in [-0.4, -0.2) is 22.7 Å². The highest BCUT2D eigenvalue weighted by atomic mass is 79.9. The van der Waals surface area contributed by atoms with Crippen LogP contribution >= 0.6 is 50.9 Å². The molecule has 4 rings (SSSR count). The van der Waals surface area contributed by atoms with E-state index in [1.165, 1.54) is 4.90 Å². The standard InChI is InChI=1S/C27H22BrCl2NO4S/c1-3-34-23-12-18(10-20(28)25(23)35-15-17-8-9-21(29)22(30)11-17)13-24-26(32)31(27(33)36-24)14-19-7-5-4-6-16(19)2/h4-13H,3,14-15H2,1-2H3/b24-13-. The van der Waals surface area contributed by atoms with Crippen LogP contribution in [0.5, 0.6) is 11.5 Å². The number of hydrogen-bond donors (Lipinski definition) is 0. The summed E-state index contributed by atoms with van der Waals surface area (Å²) in [6.07, 6.45) is 1.69. The largest absolute Gasteiger partial charge is 0.490 e. The van der Waals surface area contributed by atoms with Gasteiger partial charge in [0.05, 0.1) is 32.6 Å². The zero-order valence-electron chi connectivity index (χ0n) is 19.5. The molecule has 1 aliphatic heterocycles. The van der Waals surface area contributed by atoms with Gasteiger partial charge >= 0.3 is 0 Å². The number of nitrogens with zero attached hydrogens (tertiary/aromatic N) is 1. The summed E-state index contributed by atoms with van der Waals surface area (Å²) in [7, 11) is 0. The van der Waals surface area contributed by atoms with Crippen LogP contribution in [0, 0.1) is 6.92 Å². The third-order valence-electron chi connectivity index (χ3n) is 5.46. The number of amides is 2. The van der Waals surface area contributed by atoms with E-state index in [0.717, 1.165) is 28.5 Å². The maximum atomic E-state index is 13.0. The molecule has 0 N–H and O–H groups in total. The van der Waals surface area contributed by atoms with E-state index in [0.29, 0.717) is 43.1 Å². The van der Waals surface area contributed by atoms with Gasteiger partial charge in [0.2, 0.25) is 0 Å². The molecule has 0 unspecified atom stereocenters. The first-order valence-corrected chi connectivity index (χ1v) is 13.5. The molecule has 1 heterocycles. The van der Waals surface area contributed by atoms with Crippen molar-refractivity contribution in [3.8, 4) is 11.5 Å². The molecule has 2 amide bonds. The van der Waals surface area contributed by atoms with E-state index < -0.39 is 0 Å². The summed E-state index contributed by atoms with van der Waals surface area (Å²) in [5.41, 5.74) is 3.52. The van der Waals surface area contributed by atoms with E-state index in [4.69, 9.17) is 32.7 Å². The fourth-order valence-electron chi connectivity index (χ4n) is 3.60. The monoisotopic (exact) mass is 605 g/mol. The molecule has 36 heavy (non-hydrogen) atoms. The summed E-state index contributed by atoms with van der Waals surface area (Å²) in [4.78, 5) is 27.3. The van der Waals surface area contributed by atoms with Gasteiger partial charge in [-0.15, -0.1) is 0 Å². The van der Waals surface area contributed by atoms with Crippen molar-refractivity contribution in [3.63, 3.8) is 0 Å². The van der Waals surface area contributed by atoms with Crippen molar-refractivity contribution < 1.29 is 19.1 Å². The lowest BCUT2D eigenvalue weighted by Crippen LogP contribution is -2.27. The van der Waals surface area contributed by atoms with Crippen molar-refractivity contribution in [2.75, 3.05) is 6.61 Å². The average Bonchev–Trinajstić information content (AvgIpc) is 3.09. The zero-order valence-corrected chi connectivity index (χ0v) is 23.4. The van der Waals surface area contributed by atoms with Gasteiger partial charge in [-0.05, 0) is 94.1 Å². The first-order valence-electron chi connectivity index (χ1n) is 11.1. The molecule has 3 aromatic carbocycles. The van der Waals surface area contributed by atoms with E-state index >= 15 is 0 Å². The highest BCUT2D eigenvalue weighted by Crippen LogP contribution is 2.40. The Labute approximate surface area is 232 Å². The van der Waals surface area contributed by atoms with Gasteiger partial charge in [-0.2, -0.15) is 0 Å². The summed E-state index contributed by atoms with van der Waals surface area (Å²) in [6, 6.07) is 16.6. The first-order chi connectivity index (χ1) is 17.3. The maximum absolute atomic E-state index is 13.0. The molecule has 0 bridgehead atoms. The van der Waals surface area contributed by atoms with E-state index in [9.17, 15) is 9.59 Å². The fourth-order valence-corrected chi connectivity index (χ4v) is 5.34. The number of aryl methyl sites for hydroxylation is 1. The Morgan fingerprint density at radius 2 is 1.81 bits per heavy atom. The smallest absolute Gasteiger partial charge is 0.293 e. The molecule has 1 fully saturated rings. The van der Waals surface area contributed by atoms with Crippen LogP contribution in [0.3, 0.4) is 0 Å². The van der Waals surface area contributed by atoms with Crippen molar-refractivity contribution in [3.05, 3.63) is 96.3 Å². The molecule has 0 atom stereocenters. The van der Waals surface area contributed by atoms with Crippen LogP contribution < -0.4 is 9.47 Å². The van der Waals surface area contributed by atoms with E-state index in [-0.39, 0.29) is 24.3 Å². The predicted molar refractivity (Wildman–Crippen MR) is 149 cm³/mol. The first kappa shape index (κ1) is 26.6. The summed E-state index contributed by atoms with van der Waals surface area (Å²) in [5, 5.41) is 0.637. The number of benzene rings is 3. The fraction of sp³-hybridized carbons (Fsp3) is 0.185. The van der Waals surface area contributed by atoms with Crippen LogP contribution in [0.4, 0.5) is 4.79 Å². The highest BCUT2D eigenvalue weighted by Gasteiger charge is 2.35. The number of carbonyl (C=O) groups is 2. The minimum Gasteiger partial charge on any atom is -0.490 e. The van der Waals surface area contributed by atoms with Crippen LogP contribution in [-0.2, 0) is 17.9 Å². The lowest BCUT2D eigenvalue weighted by molar-refractivity contribution is -0.123. The predicted octanol–water partition coefficient (Wildman–Crippen LogP) is 8.28. The van der Waals surface area contributed by atoms with Gasteiger partial charge in [-0.3, -0.25) is 14.5 Å². The Morgan fingerprint density at radius 3 is 2.53 bits per heavy atom. The highest BCUT2D eigenvalue weighted by molar-refractivity contribution is 9.10. The Morgan fingerprint density at radius 1 is 1.03 bits per heavy atom. The topological polar surface area (TPSA) is 55.8 Å². The SMILES string of the molecule is CCOc1cc(/C=C2\SC(=O)N(Cc3ccccc3C)C2=O)cc(Br)c1OCc1ccc(Cl)c(Cl)c1. The summed E-state index contributed by atoms with van der Waals surface area (Å²) >= 11 is 16.6. The third kappa shape index (κ3) is 6.09. The van der Waals surface area contributed by atoms with Gasteiger partial charge in [0.15, 0.2) is 11.5 Å². The van der Waals surface area contributed by atoms with E-state index in [1.807, 2.05) is 50.2 Å². The molecule has 186 valence electrons. The van der Waals surface area contributed by atoms with Crippen LogP contribution in [0.25, 0.3) is 6.08 Å². The normalized spacial score (nSPS) is 14.6. The Bertz CT molecular complexity index is 1360. The molecule has 1 aliphatic rings. The molecule has 3 aromatic rings. The summed E-state index contributed by atoms with van der Waals surface area (Å²) in [6.45, 7) is 4.76. The molecule has 0 radical (unpaired) electrons. The molecule has 5 nitrogen and oxygen atoms in total. The molecular formula is C27H22BrCl2NO4S. The van der Waals surface area contributed by atoms with Crippen LogP contribution in [0.1, 0.15) is 29.2 Å². The minimum absolute atomic E-state index is 0.240. The number of thioether (sulfide) groups is 1. The van der Waals surface area contributed by atoms with Gasteiger partial charge in [0.25, 0.3) is 11.1 Å². The second kappa shape index (κ2) is 11.7. The maximum Gasteiger partial charge on any atom is 0.293 e. The van der Waals surface area contributed by atoms with Crippen LogP contribution in [0.2, 0.25) is 10.0 Å². The minimum atomic E-state index is -0.317. The Balaban J connectivity index is 1.56. The van der Waals surface area contributed by atoms with Gasteiger partial charge < -0.3 is 9.47 Å². The Hall–Kier alpha value is -2.45. The lowest BCUT2D eigenvalue weighted by atomic mass is 10.1. The number of halogens is 3. The van der Waals surface area contributed by atoms with E-state index in [2.05, 4.69) is 15.9 Å². The molecule has 0 aromatic heterocycles. The second-order valence-electron chi connectivity index (χ2n) is 7.99. The van der Waals surface area contributed by atoms with Gasteiger partial charge in [-0.1, -0.05) is 53.5 Å². The Kier molecular flexibility index (Phi) is 8.67. The van der Waals surface area contributed by atoms with Gasteiger partial charge in [0, 0.05) is 0 Å². The van der Waals surface area contributed by atoms with Gasteiger partial charge in [0.1, 0.15) is 6.61 Å². The molecule has 0 aliphatic carbocycles. The van der Waals surface area contributed by atoms with Crippen molar-refractivity contribution in [2.45, 2.75) is 27.0 Å². The summed E-state index contributed by atoms with van der Waals surface area (Å²) < 4.78 is 12.5. The van der Waals surface area contributed by atoms with E-state index in [1.54, 1.807) is 24.3 Å². The molecule has 0 spiro atoms. The molecule has 9 heteroatoms. The zero-order chi connectivity index (χ0) is 25.8. The van der Waals surface area contributed by atoms with Crippen molar-refractivity contribution in [1.29, 1.82) is 0 Å². The number of imide groups is 1. The van der Waals surface area contributed by atoms with Gasteiger partial charge in [-0.25, -0.2) is 0 Å². The lowest BCUT2D eigenvalue weighted by Gasteiger charge is -2.15. The summed E-state index contributed by atoms with van der Waals surface area (Å²) in [5.74, 6) is 0.715. The number of ether oxygens (including phenoxy) is 2. The number of carbonyl (C=O) groups excluding carboxylic acids is 2. The van der Waals surface area contributed by atoms with Crippen molar-refractivity contribution in [2.24, 2.45) is 0 Å². The number of hydrogen-bond acceptors (Lipinski definition) is 5. The molecular weight excluding hydrogens is 585 g/mol. The number of rotatable bonds is 8.